The van der Waals surface area contributed by atoms with E-state index >= 15 is 0 Å². The molecule has 1 atom stereocenters. The molecule has 2 aliphatic rings. The number of hydrogen-bond acceptors (Lipinski definition) is 6. The van der Waals surface area contributed by atoms with Crippen molar-refractivity contribution >= 4 is 5.91 Å². The topological polar surface area (TPSA) is 76.6 Å². The van der Waals surface area contributed by atoms with Crippen LogP contribution < -0.4 is 0 Å². The van der Waals surface area contributed by atoms with Gasteiger partial charge < -0.3 is 19.1 Å². The Kier molecular flexibility index (Phi) is 5.96. The molecule has 0 aromatic carbocycles. The van der Waals surface area contributed by atoms with E-state index in [0.29, 0.717) is 23.9 Å². The van der Waals surface area contributed by atoms with Gasteiger partial charge in [0.1, 0.15) is 5.76 Å². The van der Waals surface area contributed by atoms with Crippen LogP contribution in [0.25, 0.3) is 0 Å². The molecule has 1 spiro atoms. The Bertz CT molecular complexity index is 955. The van der Waals surface area contributed by atoms with Crippen LogP contribution in [-0.2, 0) is 11.3 Å². The summed E-state index contributed by atoms with van der Waals surface area (Å²) >= 11 is 0. The number of hydrogen-bond donors (Lipinski definition) is 0. The third kappa shape index (κ3) is 4.03. The predicted molar refractivity (Wildman–Crippen MR) is 117 cm³/mol. The molecule has 31 heavy (non-hydrogen) atoms. The molecule has 0 bridgehead atoms. The highest BCUT2D eigenvalue weighted by molar-refractivity contribution is 5.94. The molecule has 170 valence electrons. The van der Waals surface area contributed by atoms with Gasteiger partial charge in [-0.25, -0.2) is 0 Å². The fourth-order valence-corrected chi connectivity index (χ4v) is 5.21. The molecule has 0 saturated carbocycles. The lowest BCUT2D eigenvalue weighted by Crippen LogP contribution is -2.40. The highest BCUT2D eigenvalue weighted by Crippen LogP contribution is 2.45. The van der Waals surface area contributed by atoms with Gasteiger partial charge >= 0.3 is 0 Å². The van der Waals surface area contributed by atoms with Gasteiger partial charge in [0.05, 0.1) is 12.2 Å². The number of nitrogens with zero attached hydrogens (tertiary/aromatic N) is 5. The number of likely N-dealkylation sites (tertiary alicyclic amines) is 1. The molecule has 0 radical (unpaired) electrons. The van der Waals surface area contributed by atoms with Crippen molar-refractivity contribution in [2.75, 3.05) is 46.9 Å². The molecule has 4 heterocycles. The summed E-state index contributed by atoms with van der Waals surface area (Å²) in [4.78, 5) is 17.8. The average Bonchev–Trinajstić information content (AvgIpc) is 3.34. The zero-order valence-corrected chi connectivity index (χ0v) is 19.7. The van der Waals surface area contributed by atoms with Crippen LogP contribution in [0.1, 0.15) is 51.6 Å². The molecule has 2 fully saturated rings. The Morgan fingerprint density at radius 3 is 2.52 bits per heavy atom. The highest BCUT2D eigenvalue weighted by atomic mass is 16.5. The summed E-state index contributed by atoms with van der Waals surface area (Å²) in [6, 6.07) is 0. The van der Waals surface area contributed by atoms with Crippen molar-refractivity contribution in [1.82, 2.24) is 24.7 Å². The molecule has 2 saturated heterocycles. The van der Waals surface area contributed by atoms with Crippen molar-refractivity contribution in [3.05, 3.63) is 34.0 Å². The van der Waals surface area contributed by atoms with E-state index in [-0.39, 0.29) is 11.3 Å². The number of rotatable bonds is 5. The molecule has 8 heteroatoms. The number of amides is 1. The summed E-state index contributed by atoms with van der Waals surface area (Å²) in [5, 5.41) is 8.83. The van der Waals surface area contributed by atoms with E-state index in [9.17, 15) is 4.79 Å². The second-order valence-corrected chi connectivity index (χ2v) is 9.64. The van der Waals surface area contributed by atoms with Crippen molar-refractivity contribution in [1.29, 1.82) is 0 Å². The molecule has 4 rings (SSSR count). The van der Waals surface area contributed by atoms with Crippen molar-refractivity contribution in [2.24, 2.45) is 11.3 Å². The van der Waals surface area contributed by atoms with Crippen LogP contribution in [0.2, 0.25) is 0 Å². The zero-order chi connectivity index (χ0) is 22.3. The van der Waals surface area contributed by atoms with Crippen LogP contribution in [0.15, 0.2) is 4.52 Å². The number of aryl methyl sites for hydroxylation is 2. The Labute approximate surface area is 184 Å². The minimum atomic E-state index is -0.0303. The van der Waals surface area contributed by atoms with Crippen LogP contribution in [0.4, 0.5) is 0 Å². The van der Waals surface area contributed by atoms with Crippen LogP contribution in [0, 0.1) is 39.0 Å². The van der Waals surface area contributed by atoms with Crippen LogP contribution in [-0.4, -0.2) is 77.6 Å². The first-order valence-electron chi connectivity index (χ1n) is 11.2. The fraction of sp³-hybridized carbons (Fsp3) is 0.696. The van der Waals surface area contributed by atoms with Gasteiger partial charge in [0.25, 0.3) is 5.91 Å². The summed E-state index contributed by atoms with van der Waals surface area (Å²) in [6.07, 6.45) is 2.01. The van der Waals surface area contributed by atoms with E-state index in [0.717, 1.165) is 62.6 Å². The number of aromatic nitrogens is 3. The summed E-state index contributed by atoms with van der Waals surface area (Å²) in [6.45, 7) is 12.5. The van der Waals surface area contributed by atoms with E-state index in [2.05, 4.69) is 43.1 Å². The standard InChI is InChI=1S/C23H35N5O3/c1-15-16(2)24-28(17(15)3)13-20-18(4)31-25-21(20)22(29)27-12-19(11-26(5)6)23(14-27)7-9-30-10-8-23/h19H,7-14H2,1-6H3. The van der Waals surface area contributed by atoms with Crippen molar-refractivity contribution in [2.45, 2.75) is 47.1 Å². The van der Waals surface area contributed by atoms with Gasteiger partial charge in [-0.05, 0) is 71.5 Å². The molecule has 8 nitrogen and oxygen atoms in total. The summed E-state index contributed by atoms with van der Waals surface area (Å²) < 4.78 is 13.1. The van der Waals surface area contributed by atoms with Crippen molar-refractivity contribution in [3.8, 4) is 0 Å². The number of ether oxygens (including phenoxy) is 1. The molecule has 0 N–H and O–H groups in total. The lowest BCUT2D eigenvalue weighted by atomic mass is 9.72. The first-order chi connectivity index (χ1) is 14.7. The molecular formula is C23H35N5O3. The normalized spacial score (nSPS) is 20.9. The van der Waals surface area contributed by atoms with Gasteiger partial charge in [0.2, 0.25) is 0 Å². The molecule has 0 aliphatic carbocycles. The number of carbonyl (C=O) groups excluding carboxylic acids is 1. The first kappa shape index (κ1) is 22.0. The van der Waals surface area contributed by atoms with E-state index < -0.39 is 0 Å². The Balaban J connectivity index is 1.59. The molecule has 2 aromatic heterocycles. The van der Waals surface area contributed by atoms with Gasteiger partial charge in [-0.15, -0.1) is 0 Å². The summed E-state index contributed by atoms with van der Waals surface area (Å²) in [5.41, 5.74) is 4.67. The van der Waals surface area contributed by atoms with E-state index in [1.807, 2.05) is 23.4 Å². The molecular weight excluding hydrogens is 394 g/mol. The Morgan fingerprint density at radius 1 is 1.19 bits per heavy atom. The molecule has 1 amide bonds. The average molecular weight is 430 g/mol. The van der Waals surface area contributed by atoms with Gasteiger partial charge in [0, 0.05) is 44.1 Å². The van der Waals surface area contributed by atoms with Crippen LogP contribution in [0.3, 0.4) is 0 Å². The zero-order valence-electron chi connectivity index (χ0n) is 19.7. The molecule has 2 aromatic rings. The largest absolute Gasteiger partial charge is 0.381 e. The monoisotopic (exact) mass is 429 g/mol. The minimum absolute atomic E-state index is 0.0303. The van der Waals surface area contributed by atoms with E-state index in [4.69, 9.17) is 9.26 Å². The van der Waals surface area contributed by atoms with Gasteiger partial charge in [0.15, 0.2) is 5.69 Å². The van der Waals surface area contributed by atoms with Crippen LogP contribution in [0.5, 0.6) is 0 Å². The summed E-state index contributed by atoms with van der Waals surface area (Å²) in [5.74, 6) is 1.08. The van der Waals surface area contributed by atoms with Gasteiger partial charge in [-0.3, -0.25) is 9.48 Å². The molecule has 2 aliphatic heterocycles. The third-order valence-corrected chi connectivity index (χ3v) is 7.41. The maximum atomic E-state index is 13.6. The van der Waals surface area contributed by atoms with Crippen LogP contribution >= 0.6 is 0 Å². The second kappa shape index (κ2) is 8.39. The second-order valence-electron chi connectivity index (χ2n) is 9.64. The first-order valence-corrected chi connectivity index (χ1v) is 11.2. The fourth-order valence-electron chi connectivity index (χ4n) is 5.21. The maximum absolute atomic E-state index is 13.6. The van der Waals surface area contributed by atoms with Gasteiger partial charge in [-0.1, -0.05) is 5.16 Å². The van der Waals surface area contributed by atoms with Crippen molar-refractivity contribution in [3.63, 3.8) is 0 Å². The Morgan fingerprint density at radius 2 is 1.90 bits per heavy atom. The maximum Gasteiger partial charge on any atom is 0.276 e. The van der Waals surface area contributed by atoms with E-state index in [1.54, 1.807) is 0 Å². The third-order valence-electron chi connectivity index (χ3n) is 7.41. The lowest BCUT2D eigenvalue weighted by Gasteiger charge is -2.38. The van der Waals surface area contributed by atoms with Gasteiger partial charge in [-0.2, -0.15) is 5.10 Å². The quantitative estimate of drug-likeness (QED) is 0.727. The predicted octanol–water partition coefficient (Wildman–Crippen LogP) is 2.58. The summed E-state index contributed by atoms with van der Waals surface area (Å²) in [7, 11) is 4.21. The highest BCUT2D eigenvalue weighted by Gasteiger charge is 2.49. The van der Waals surface area contributed by atoms with Crippen molar-refractivity contribution < 1.29 is 14.1 Å². The minimum Gasteiger partial charge on any atom is -0.381 e. The smallest absolute Gasteiger partial charge is 0.276 e. The van der Waals surface area contributed by atoms with E-state index in [1.165, 1.54) is 5.56 Å². The lowest BCUT2D eigenvalue weighted by molar-refractivity contribution is -0.00454. The molecule has 1 unspecified atom stereocenters. The SMILES string of the molecule is Cc1nn(Cc2c(C(=O)N3CC(CN(C)C)C4(CCOCC4)C3)noc2C)c(C)c1C. The Hall–Kier alpha value is -2.19. The number of carbonyl (C=O) groups is 1.